The van der Waals surface area contributed by atoms with E-state index in [1.165, 1.54) is 6.20 Å². The maximum Gasteiger partial charge on any atom is 0.356 e. The zero-order valence-corrected chi connectivity index (χ0v) is 7.79. The third-order valence-electron chi connectivity index (χ3n) is 1.65. The molecule has 0 spiro atoms. The molecule has 0 bridgehead atoms. The Morgan fingerprint density at radius 2 is 2.07 bits per heavy atom. The standard InChI is InChI=1S/C8H11N3O4/c12-3-5(4-13)10-7-2-9-1-6(11-7)8(14)15/h1-2,5,12-13H,3-4H2,(H,10,11)(H,14,15). The highest BCUT2D eigenvalue weighted by Gasteiger charge is 2.09. The maximum atomic E-state index is 10.5. The van der Waals surface area contributed by atoms with Gasteiger partial charge in [0.05, 0.1) is 31.6 Å². The zero-order valence-electron chi connectivity index (χ0n) is 7.79. The number of carboxylic acids is 1. The van der Waals surface area contributed by atoms with Crippen LogP contribution in [0.3, 0.4) is 0 Å². The Morgan fingerprint density at radius 3 is 2.60 bits per heavy atom. The van der Waals surface area contributed by atoms with Gasteiger partial charge in [-0.15, -0.1) is 0 Å². The number of carbonyl (C=O) groups is 1. The van der Waals surface area contributed by atoms with E-state index in [2.05, 4.69) is 15.3 Å². The van der Waals surface area contributed by atoms with Gasteiger partial charge in [0.15, 0.2) is 5.69 Å². The monoisotopic (exact) mass is 213 g/mol. The number of hydrogen-bond acceptors (Lipinski definition) is 6. The number of nitrogens with zero attached hydrogens (tertiary/aromatic N) is 2. The minimum absolute atomic E-state index is 0.197. The number of aliphatic hydroxyl groups is 2. The highest BCUT2D eigenvalue weighted by Crippen LogP contribution is 2.03. The van der Waals surface area contributed by atoms with Crippen LogP contribution in [-0.2, 0) is 0 Å². The molecule has 0 aliphatic rings. The molecule has 0 unspecified atom stereocenters. The summed E-state index contributed by atoms with van der Waals surface area (Å²) in [6, 6.07) is -0.580. The van der Waals surface area contributed by atoms with Gasteiger partial charge in [0, 0.05) is 0 Å². The summed E-state index contributed by atoms with van der Waals surface area (Å²) in [5.41, 5.74) is -0.199. The summed E-state index contributed by atoms with van der Waals surface area (Å²) in [7, 11) is 0. The maximum absolute atomic E-state index is 10.5. The minimum Gasteiger partial charge on any atom is -0.476 e. The smallest absolute Gasteiger partial charge is 0.356 e. The molecule has 0 saturated carbocycles. The molecule has 7 heteroatoms. The molecular formula is C8H11N3O4. The van der Waals surface area contributed by atoms with Crippen molar-refractivity contribution >= 4 is 11.8 Å². The van der Waals surface area contributed by atoms with Gasteiger partial charge < -0.3 is 20.6 Å². The van der Waals surface area contributed by atoms with Crippen LogP contribution in [0.2, 0.25) is 0 Å². The van der Waals surface area contributed by atoms with Gasteiger partial charge in [-0.1, -0.05) is 0 Å². The molecule has 0 atom stereocenters. The van der Waals surface area contributed by atoms with Crippen molar-refractivity contribution in [3.8, 4) is 0 Å². The van der Waals surface area contributed by atoms with Crippen LogP contribution in [0.4, 0.5) is 5.82 Å². The van der Waals surface area contributed by atoms with Gasteiger partial charge >= 0.3 is 5.97 Å². The molecule has 0 radical (unpaired) electrons. The molecule has 82 valence electrons. The summed E-state index contributed by atoms with van der Waals surface area (Å²) >= 11 is 0. The van der Waals surface area contributed by atoms with Crippen molar-refractivity contribution in [1.29, 1.82) is 0 Å². The van der Waals surface area contributed by atoms with Crippen LogP contribution < -0.4 is 5.32 Å². The van der Waals surface area contributed by atoms with E-state index in [1.54, 1.807) is 0 Å². The van der Waals surface area contributed by atoms with Gasteiger partial charge in [-0.25, -0.2) is 9.78 Å². The van der Waals surface area contributed by atoms with Crippen LogP contribution >= 0.6 is 0 Å². The molecule has 15 heavy (non-hydrogen) atoms. The summed E-state index contributed by atoms with van der Waals surface area (Å²) in [4.78, 5) is 17.9. The van der Waals surface area contributed by atoms with Crippen LogP contribution in [0.15, 0.2) is 12.4 Å². The molecule has 1 rings (SSSR count). The van der Waals surface area contributed by atoms with Crippen LogP contribution in [0.5, 0.6) is 0 Å². The van der Waals surface area contributed by atoms with E-state index in [0.717, 1.165) is 6.20 Å². The van der Waals surface area contributed by atoms with E-state index in [-0.39, 0.29) is 24.7 Å². The van der Waals surface area contributed by atoms with Crippen molar-refractivity contribution in [3.05, 3.63) is 18.1 Å². The van der Waals surface area contributed by atoms with Gasteiger partial charge in [-0.05, 0) is 0 Å². The predicted octanol–water partition coefficient (Wildman–Crippen LogP) is -1.06. The fourth-order valence-corrected chi connectivity index (χ4v) is 0.897. The molecular weight excluding hydrogens is 202 g/mol. The first kappa shape index (κ1) is 11.3. The number of rotatable bonds is 5. The average Bonchev–Trinajstić information content (AvgIpc) is 2.26. The van der Waals surface area contributed by atoms with E-state index in [9.17, 15) is 4.79 Å². The van der Waals surface area contributed by atoms with E-state index < -0.39 is 12.0 Å². The minimum atomic E-state index is -1.18. The largest absolute Gasteiger partial charge is 0.476 e. The number of aliphatic hydroxyl groups excluding tert-OH is 2. The lowest BCUT2D eigenvalue weighted by molar-refractivity contribution is 0.0690. The Balaban J connectivity index is 2.77. The number of nitrogens with one attached hydrogen (secondary N) is 1. The van der Waals surface area contributed by atoms with Crippen molar-refractivity contribution in [2.24, 2.45) is 0 Å². The van der Waals surface area contributed by atoms with Crippen molar-refractivity contribution in [3.63, 3.8) is 0 Å². The van der Waals surface area contributed by atoms with Gasteiger partial charge in [0.2, 0.25) is 0 Å². The Labute approximate surface area is 85.4 Å². The van der Waals surface area contributed by atoms with Crippen molar-refractivity contribution in [2.75, 3.05) is 18.5 Å². The lowest BCUT2D eigenvalue weighted by Gasteiger charge is -2.13. The van der Waals surface area contributed by atoms with Crippen LogP contribution in [0.25, 0.3) is 0 Å². The summed E-state index contributed by atoms with van der Waals surface area (Å²) in [6.45, 7) is -0.565. The highest BCUT2D eigenvalue weighted by molar-refractivity contribution is 5.85. The van der Waals surface area contributed by atoms with Gasteiger partial charge in [0.1, 0.15) is 5.82 Å². The zero-order chi connectivity index (χ0) is 11.3. The molecule has 0 aliphatic heterocycles. The number of hydrogen-bond donors (Lipinski definition) is 4. The molecule has 1 aromatic rings. The molecule has 0 aromatic carbocycles. The van der Waals surface area contributed by atoms with E-state index in [1.807, 2.05) is 0 Å². The third kappa shape index (κ3) is 3.15. The van der Waals surface area contributed by atoms with Crippen LogP contribution in [0.1, 0.15) is 10.5 Å². The predicted molar refractivity (Wildman–Crippen MR) is 50.6 cm³/mol. The summed E-state index contributed by atoms with van der Waals surface area (Å²) < 4.78 is 0. The van der Waals surface area contributed by atoms with Crippen molar-refractivity contribution in [1.82, 2.24) is 9.97 Å². The Bertz CT molecular complexity index is 340. The van der Waals surface area contributed by atoms with Crippen molar-refractivity contribution < 1.29 is 20.1 Å². The van der Waals surface area contributed by atoms with E-state index in [0.29, 0.717) is 0 Å². The van der Waals surface area contributed by atoms with Crippen molar-refractivity contribution in [2.45, 2.75) is 6.04 Å². The number of aromatic nitrogens is 2. The summed E-state index contributed by atoms with van der Waals surface area (Å²) in [6.07, 6.45) is 2.42. The average molecular weight is 213 g/mol. The number of aromatic carboxylic acids is 1. The first-order valence-electron chi connectivity index (χ1n) is 4.21. The van der Waals surface area contributed by atoms with Gasteiger partial charge in [-0.2, -0.15) is 0 Å². The second kappa shape index (κ2) is 5.23. The fourth-order valence-electron chi connectivity index (χ4n) is 0.897. The summed E-state index contributed by atoms with van der Waals surface area (Å²) in [5, 5.41) is 28.8. The molecule has 4 N–H and O–H groups in total. The Hall–Kier alpha value is -1.73. The summed E-state index contributed by atoms with van der Waals surface area (Å²) in [5.74, 6) is -0.987. The number of carboxylic acid groups (broad SMARTS) is 1. The first-order chi connectivity index (χ1) is 7.17. The fraction of sp³-hybridized carbons (Fsp3) is 0.375. The van der Waals surface area contributed by atoms with E-state index in [4.69, 9.17) is 15.3 Å². The molecule has 1 heterocycles. The van der Waals surface area contributed by atoms with E-state index >= 15 is 0 Å². The Kier molecular flexibility index (Phi) is 3.95. The topological polar surface area (TPSA) is 116 Å². The second-order valence-electron chi connectivity index (χ2n) is 2.80. The SMILES string of the molecule is O=C(O)c1cncc(NC(CO)CO)n1. The van der Waals surface area contributed by atoms with Gasteiger partial charge in [-0.3, -0.25) is 4.98 Å². The molecule has 0 fully saturated rings. The highest BCUT2D eigenvalue weighted by atomic mass is 16.4. The van der Waals surface area contributed by atoms with Crippen LogP contribution in [-0.4, -0.2) is 50.5 Å². The normalized spacial score (nSPS) is 10.3. The lowest BCUT2D eigenvalue weighted by Crippen LogP contribution is -2.28. The lowest BCUT2D eigenvalue weighted by atomic mass is 10.3. The van der Waals surface area contributed by atoms with Gasteiger partial charge in [0.25, 0.3) is 0 Å². The third-order valence-corrected chi connectivity index (χ3v) is 1.65. The first-order valence-corrected chi connectivity index (χ1v) is 4.21. The molecule has 0 aliphatic carbocycles. The molecule has 0 saturated heterocycles. The molecule has 7 nitrogen and oxygen atoms in total. The number of anilines is 1. The Morgan fingerprint density at radius 1 is 1.40 bits per heavy atom. The second-order valence-corrected chi connectivity index (χ2v) is 2.80. The quantitative estimate of drug-likeness (QED) is 0.492. The molecule has 0 amide bonds. The van der Waals surface area contributed by atoms with Crippen LogP contribution in [0, 0.1) is 0 Å². The molecule has 1 aromatic heterocycles.